The van der Waals surface area contributed by atoms with E-state index in [4.69, 9.17) is 9.47 Å². The first-order chi connectivity index (χ1) is 13.6. The third kappa shape index (κ3) is 4.34. The van der Waals surface area contributed by atoms with Gasteiger partial charge in [0.15, 0.2) is 16.6 Å². The summed E-state index contributed by atoms with van der Waals surface area (Å²) in [5.41, 5.74) is 1.55. The predicted molar refractivity (Wildman–Crippen MR) is 105 cm³/mol. The molecule has 9 nitrogen and oxygen atoms in total. The number of carbonyl (C=O) groups excluding carboxylic acids is 2. The number of ether oxygens (including phenoxy) is 2. The number of aryl methyl sites for hydroxylation is 1. The molecule has 28 heavy (non-hydrogen) atoms. The molecular weight excluding hydrogens is 382 g/mol. The second-order valence-corrected chi connectivity index (χ2v) is 7.44. The minimum Gasteiger partial charge on any atom is -0.454 e. The van der Waals surface area contributed by atoms with Crippen molar-refractivity contribution in [3.63, 3.8) is 0 Å². The molecule has 1 aromatic carbocycles. The number of thiazole rings is 1. The van der Waals surface area contributed by atoms with Gasteiger partial charge in [-0.3, -0.25) is 15.0 Å². The molecule has 0 atom stereocenters. The number of carbonyl (C=O) groups is 2. The van der Waals surface area contributed by atoms with Crippen molar-refractivity contribution in [3.8, 4) is 11.5 Å². The Morgan fingerprint density at radius 3 is 2.71 bits per heavy atom. The monoisotopic (exact) mass is 403 g/mol. The van der Waals surface area contributed by atoms with E-state index < -0.39 is 6.03 Å². The summed E-state index contributed by atoms with van der Waals surface area (Å²) >= 11 is 1.64. The van der Waals surface area contributed by atoms with E-state index in [1.807, 2.05) is 17.2 Å². The number of fused-ring (bicyclic) bond motifs is 1. The molecule has 1 fully saturated rings. The van der Waals surface area contributed by atoms with Crippen LogP contribution in [0.1, 0.15) is 5.69 Å². The first kappa shape index (κ1) is 18.5. The molecule has 3 heterocycles. The number of urea groups is 1. The number of rotatable bonds is 4. The van der Waals surface area contributed by atoms with Gasteiger partial charge in [-0.2, -0.15) is 0 Å². The van der Waals surface area contributed by atoms with Crippen LogP contribution in [0.25, 0.3) is 0 Å². The maximum absolute atomic E-state index is 12.2. The summed E-state index contributed by atoms with van der Waals surface area (Å²) in [4.78, 5) is 33.0. The Bertz CT molecular complexity index is 879. The summed E-state index contributed by atoms with van der Waals surface area (Å²) < 4.78 is 10.5. The van der Waals surface area contributed by atoms with Gasteiger partial charge in [-0.25, -0.2) is 9.78 Å². The van der Waals surface area contributed by atoms with Crippen LogP contribution in [-0.4, -0.2) is 61.3 Å². The Hall–Kier alpha value is -2.85. The van der Waals surface area contributed by atoms with Crippen LogP contribution in [0, 0.1) is 6.92 Å². The molecule has 0 unspecified atom stereocenters. The van der Waals surface area contributed by atoms with E-state index in [0.29, 0.717) is 17.2 Å². The minimum absolute atomic E-state index is 0.166. The molecule has 2 aliphatic rings. The lowest BCUT2D eigenvalue weighted by molar-refractivity contribution is -0.121. The van der Waals surface area contributed by atoms with E-state index in [0.717, 1.165) is 37.0 Å². The molecule has 0 saturated carbocycles. The number of anilines is 2. The summed E-state index contributed by atoms with van der Waals surface area (Å²) in [6.07, 6.45) is 0. The number of hydrogen-bond donors (Lipinski definition) is 2. The third-order valence-corrected chi connectivity index (χ3v) is 5.52. The lowest BCUT2D eigenvalue weighted by atomic mass is 10.3. The largest absolute Gasteiger partial charge is 0.454 e. The van der Waals surface area contributed by atoms with Crippen LogP contribution < -0.4 is 25.0 Å². The van der Waals surface area contributed by atoms with E-state index in [1.54, 1.807) is 29.5 Å². The van der Waals surface area contributed by atoms with Crippen LogP contribution >= 0.6 is 11.3 Å². The van der Waals surface area contributed by atoms with Gasteiger partial charge in [0.25, 0.3) is 0 Å². The summed E-state index contributed by atoms with van der Waals surface area (Å²) in [6.45, 7) is 5.44. The van der Waals surface area contributed by atoms with Crippen LogP contribution in [0.15, 0.2) is 23.6 Å². The van der Waals surface area contributed by atoms with Crippen LogP contribution in [0.4, 0.5) is 15.6 Å². The molecule has 10 heteroatoms. The second-order valence-electron chi connectivity index (χ2n) is 6.60. The van der Waals surface area contributed by atoms with Gasteiger partial charge in [0.05, 0.1) is 12.2 Å². The Morgan fingerprint density at radius 2 is 1.96 bits per heavy atom. The highest BCUT2D eigenvalue weighted by Crippen LogP contribution is 2.34. The van der Waals surface area contributed by atoms with Crippen molar-refractivity contribution in [3.05, 3.63) is 29.3 Å². The zero-order chi connectivity index (χ0) is 19.5. The minimum atomic E-state index is -0.569. The molecule has 148 valence electrons. The molecule has 1 aromatic heterocycles. The molecule has 2 aliphatic heterocycles. The van der Waals surface area contributed by atoms with Gasteiger partial charge in [-0.05, 0) is 19.1 Å². The average Bonchev–Trinajstić information content (AvgIpc) is 3.30. The molecule has 3 amide bonds. The number of piperazine rings is 1. The Balaban J connectivity index is 1.22. The zero-order valence-corrected chi connectivity index (χ0v) is 16.3. The topological polar surface area (TPSA) is 96.0 Å². The average molecular weight is 403 g/mol. The highest BCUT2D eigenvalue weighted by Gasteiger charge is 2.21. The Kier molecular flexibility index (Phi) is 5.31. The Labute approximate surface area is 166 Å². The fourth-order valence-corrected chi connectivity index (χ4v) is 3.95. The fourth-order valence-electron chi connectivity index (χ4n) is 3.09. The van der Waals surface area contributed by atoms with Gasteiger partial charge in [0.2, 0.25) is 12.7 Å². The lowest BCUT2D eigenvalue weighted by Gasteiger charge is -2.34. The van der Waals surface area contributed by atoms with E-state index >= 15 is 0 Å². The van der Waals surface area contributed by atoms with Gasteiger partial charge in [0.1, 0.15) is 0 Å². The molecular formula is C18H21N5O4S. The van der Waals surface area contributed by atoms with E-state index in [9.17, 15) is 9.59 Å². The van der Waals surface area contributed by atoms with E-state index in [1.165, 1.54) is 0 Å². The highest BCUT2D eigenvalue weighted by molar-refractivity contribution is 7.13. The summed E-state index contributed by atoms with van der Waals surface area (Å²) in [5.74, 6) is 0.864. The number of aromatic nitrogens is 1. The molecule has 0 bridgehead atoms. The molecule has 4 rings (SSSR count). The summed E-state index contributed by atoms with van der Waals surface area (Å²) in [5, 5.41) is 8.05. The van der Waals surface area contributed by atoms with Crippen molar-refractivity contribution in [2.45, 2.75) is 6.92 Å². The Morgan fingerprint density at radius 1 is 1.18 bits per heavy atom. The van der Waals surface area contributed by atoms with Crippen LogP contribution in [0.3, 0.4) is 0 Å². The molecule has 1 saturated heterocycles. The number of hydrogen-bond acceptors (Lipinski definition) is 8. The summed E-state index contributed by atoms with van der Waals surface area (Å²) in [6, 6.07) is 4.49. The van der Waals surface area contributed by atoms with Gasteiger partial charge in [-0.1, -0.05) is 0 Å². The normalized spacial score (nSPS) is 16.1. The highest BCUT2D eigenvalue weighted by atomic mass is 32.1. The van der Waals surface area contributed by atoms with Crippen molar-refractivity contribution in [2.24, 2.45) is 0 Å². The standard InChI is InChI=1S/C18H21N5O4S/c1-12-10-28-18(19-12)23-6-4-22(5-7-23)9-16(24)21-17(25)20-13-2-3-14-15(8-13)27-11-26-14/h2-3,8,10H,4-7,9,11H2,1H3,(H2,20,21,24,25). The number of benzene rings is 1. The van der Waals surface area contributed by atoms with Crippen molar-refractivity contribution in [2.75, 3.05) is 49.7 Å². The number of nitrogens with one attached hydrogen (secondary N) is 2. The van der Waals surface area contributed by atoms with Gasteiger partial charge in [-0.15, -0.1) is 11.3 Å². The summed E-state index contributed by atoms with van der Waals surface area (Å²) in [7, 11) is 0. The zero-order valence-electron chi connectivity index (χ0n) is 15.4. The second kappa shape index (κ2) is 8.03. The van der Waals surface area contributed by atoms with Gasteiger partial charge >= 0.3 is 6.03 Å². The number of amides is 3. The van der Waals surface area contributed by atoms with Gasteiger partial charge < -0.3 is 19.7 Å². The maximum Gasteiger partial charge on any atom is 0.325 e. The van der Waals surface area contributed by atoms with Crippen molar-refractivity contribution in [1.29, 1.82) is 0 Å². The van der Waals surface area contributed by atoms with Crippen molar-refractivity contribution < 1.29 is 19.1 Å². The smallest absolute Gasteiger partial charge is 0.325 e. The van der Waals surface area contributed by atoms with E-state index in [2.05, 4.69) is 20.5 Å². The molecule has 2 aromatic rings. The first-order valence-corrected chi connectivity index (χ1v) is 9.85. The van der Waals surface area contributed by atoms with Crippen molar-refractivity contribution >= 4 is 34.1 Å². The fraction of sp³-hybridized carbons (Fsp3) is 0.389. The molecule has 2 N–H and O–H groups in total. The quantitative estimate of drug-likeness (QED) is 0.801. The van der Waals surface area contributed by atoms with Crippen LogP contribution in [-0.2, 0) is 4.79 Å². The lowest BCUT2D eigenvalue weighted by Crippen LogP contribution is -2.50. The predicted octanol–water partition coefficient (Wildman–Crippen LogP) is 1.65. The maximum atomic E-state index is 12.2. The SMILES string of the molecule is Cc1csc(N2CCN(CC(=O)NC(=O)Nc3ccc4c(c3)OCO4)CC2)n1. The third-order valence-electron chi connectivity index (χ3n) is 4.50. The molecule has 0 spiro atoms. The molecule has 0 radical (unpaired) electrons. The van der Waals surface area contributed by atoms with Gasteiger partial charge in [0, 0.05) is 43.3 Å². The van der Waals surface area contributed by atoms with Crippen molar-refractivity contribution in [1.82, 2.24) is 15.2 Å². The number of imide groups is 1. The van der Waals surface area contributed by atoms with Crippen LogP contribution in [0.5, 0.6) is 11.5 Å². The number of nitrogens with zero attached hydrogens (tertiary/aromatic N) is 3. The first-order valence-electron chi connectivity index (χ1n) is 8.97. The molecule has 0 aliphatic carbocycles. The van der Waals surface area contributed by atoms with E-state index in [-0.39, 0.29) is 19.2 Å². The van der Waals surface area contributed by atoms with Crippen LogP contribution in [0.2, 0.25) is 0 Å².